The average Bonchev–Trinajstić information content (AvgIpc) is 3.02. The van der Waals surface area contributed by atoms with Crippen LogP contribution >= 0.6 is 11.8 Å². The van der Waals surface area contributed by atoms with Crippen LogP contribution in [0.15, 0.2) is 18.2 Å². The molecule has 1 saturated heterocycles. The van der Waals surface area contributed by atoms with Gasteiger partial charge in [0, 0.05) is 24.9 Å². The third-order valence-corrected chi connectivity index (χ3v) is 5.26. The number of hydrogen-bond donors (Lipinski definition) is 2. The Morgan fingerprint density at radius 3 is 3.10 bits per heavy atom. The summed E-state index contributed by atoms with van der Waals surface area (Å²) in [7, 11) is 1.96. The third-order valence-electron chi connectivity index (χ3n) is 4.03. The highest BCUT2D eigenvalue weighted by Gasteiger charge is 2.32. The molecule has 2 heterocycles. The van der Waals surface area contributed by atoms with Gasteiger partial charge in [-0.1, -0.05) is 0 Å². The molecule has 1 atom stereocenters. The zero-order chi connectivity index (χ0) is 15.0. The lowest BCUT2D eigenvalue weighted by molar-refractivity contribution is 0.0612. The van der Waals surface area contributed by atoms with Crippen LogP contribution in [-0.4, -0.2) is 44.2 Å². The summed E-state index contributed by atoms with van der Waals surface area (Å²) in [6.45, 7) is 2.24. The lowest BCUT2D eigenvalue weighted by Gasteiger charge is -2.21. The molecule has 5 nitrogen and oxygen atoms in total. The molecule has 0 saturated carbocycles. The summed E-state index contributed by atoms with van der Waals surface area (Å²) in [5, 5.41) is 13.1. The first-order valence-electron chi connectivity index (χ1n) is 7.00. The summed E-state index contributed by atoms with van der Waals surface area (Å²) in [4.78, 5) is 16.7. The number of aryl methyl sites for hydroxylation is 2. The van der Waals surface area contributed by atoms with Crippen LogP contribution in [0.3, 0.4) is 0 Å². The number of hydrogen-bond acceptors (Lipinski definition) is 4. The van der Waals surface area contributed by atoms with Gasteiger partial charge in [-0.2, -0.15) is 11.8 Å². The van der Waals surface area contributed by atoms with Gasteiger partial charge in [-0.05, 0) is 37.3 Å². The molecule has 1 unspecified atom stereocenters. The van der Waals surface area contributed by atoms with E-state index in [2.05, 4.69) is 10.3 Å². The van der Waals surface area contributed by atoms with Crippen LogP contribution < -0.4 is 5.32 Å². The Morgan fingerprint density at radius 2 is 2.38 bits per heavy atom. The molecule has 6 heteroatoms. The van der Waals surface area contributed by atoms with E-state index in [-0.39, 0.29) is 5.91 Å². The molecule has 0 radical (unpaired) electrons. The van der Waals surface area contributed by atoms with Gasteiger partial charge in [-0.15, -0.1) is 0 Å². The van der Waals surface area contributed by atoms with Gasteiger partial charge >= 0.3 is 0 Å². The first kappa shape index (κ1) is 14.4. The maximum Gasteiger partial charge on any atom is 0.251 e. The Balaban J connectivity index is 1.75. The Kier molecular flexibility index (Phi) is 3.67. The quantitative estimate of drug-likeness (QED) is 0.901. The maximum absolute atomic E-state index is 12.2. The fourth-order valence-corrected chi connectivity index (χ4v) is 3.84. The minimum atomic E-state index is -0.758. The SMILES string of the molecule is Cc1nc2cc(C(=O)NCC3(O)CCSC3)ccc2n1C. The molecular weight excluding hydrogens is 286 g/mol. The van der Waals surface area contributed by atoms with Crippen LogP contribution in [0, 0.1) is 6.92 Å². The van der Waals surface area contributed by atoms with Gasteiger partial charge in [0.2, 0.25) is 0 Å². The van der Waals surface area contributed by atoms with Crippen molar-refractivity contribution in [2.45, 2.75) is 18.9 Å². The highest BCUT2D eigenvalue weighted by Crippen LogP contribution is 2.27. The summed E-state index contributed by atoms with van der Waals surface area (Å²) in [5.41, 5.74) is 1.65. The van der Waals surface area contributed by atoms with Crippen LogP contribution in [0.2, 0.25) is 0 Å². The van der Waals surface area contributed by atoms with Gasteiger partial charge in [0.25, 0.3) is 5.91 Å². The third kappa shape index (κ3) is 2.78. The van der Waals surface area contributed by atoms with Crippen molar-refractivity contribution in [1.82, 2.24) is 14.9 Å². The number of nitrogens with zero attached hydrogens (tertiary/aromatic N) is 2. The van der Waals surface area contributed by atoms with Crippen molar-refractivity contribution in [3.63, 3.8) is 0 Å². The molecular formula is C15H19N3O2S. The zero-order valence-electron chi connectivity index (χ0n) is 12.2. The van der Waals surface area contributed by atoms with Crippen molar-refractivity contribution in [3.8, 4) is 0 Å². The van der Waals surface area contributed by atoms with Crippen molar-refractivity contribution >= 4 is 28.7 Å². The zero-order valence-corrected chi connectivity index (χ0v) is 13.0. The van der Waals surface area contributed by atoms with Crippen molar-refractivity contribution < 1.29 is 9.90 Å². The van der Waals surface area contributed by atoms with E-state index in [1.54, 1.807) is 23.9 Å². The number of aliphatic hydroxyl groups is 1. The van der Waals surface area contributed by atoms with E-state index in [9.17, 15) is 9.90 Å². The summed E-state index contributed by atoms with van der Waals surface area (Å²) in [6.07, 6.45) is 0.733. The number of rotatable bonds is 3. The molecule has 1 fully saturated rings. The molecule has 1 aliphatic rings. The summed E-state index contributed by atoms with van der Waals surface area (Å²) < 4.78 is 2.00. The molecule has 1 amide bonds. The minimum Gasteiger partial charge on any atom is -0.387 e. The average molecular weight is 305 g/mol. The number of thioether (sulfide) groups is 1. The molecule has 112 valence electrons. The van der Waals surface area contributed by atoms with E-state index in [4.69, 9.17) is 0 Å². The van der Waals surface area contributed by atoms with Crippen LogP contribution in [-0.2, 0) is 7.05 Å². The Bertz CT molecular complexity index is 690. The van der Waals surface area contributed by atoms with Crippen LogP contribution in [0.1, 0.15) is 22.6 Å². The lowest BCUT2D eigenvalue weighted by atomic mass is 10.0. The Labute approximate surface area is 127 Å². The van der Waals surface area contributed by atoms with E-state index in [0.29, 0.717) is 17.9 Å². The largest absolute Gasteiger partial charge is 0.387 e. The van der Waals surface area contributed by atoms with E-state index in [0.717, 1.165) is 29.0 Å². The van der Waals surface area contributed by atoms with Gasteiger partial charge in [-0.25, -0.2) is 4.98 Å². The first-order chi connectivity index (χ1) is 9.98. The molecule has 0 spiro atoms. The van der Waals surface area contributed by atoms with Crippen molar-refractivity contribution in [2.24, 2.45) is 7.05 Å². The highest BCUT2D eigenvalue weighted by atomic mass is 32.2. The van der Waals surface area contributed by atoms with Crippen LogP contribution in [0.25, 0.3) is 11.0 Å². The van der Waals surface area contributed by atoms with Gasteiger partial charge in [0.15, 0.2) is 0 Å². The van der Waals surface area contributed by atoms with E-state index < -0.39 is 5.60 Å². The fraction of sp³-hybridized carbons (Fsp3) is 0.467. The first-order valence-corrected chi connectivity index (χ1v) is 8.15. The highest BCUT2D eigenvalue weighted by molar-refractivity contribution is 7.99. The Morgan fingerprint density at radius 1 is 1.57 bits per heavy atom. The van der Waals surface area contributed by atoms with Gasteiger partial charge in [0.05, 0.1) is 16.6 Å². The molecule has 3 rings (SSSR count). The fourth-order valence-electron chi connectivity index (χ4n) is 2.54. The molecule has 2 aromatic rings. The monoisotopic (exact) mass is 305 g/mol. The molecule has 2 N–H and O–H groups in total. The predicted octanol–water partition coefficient (Wildman–Crippen LogP) is 1.48. The van der Waals surface area contributed by atoms with Gasteiger partial charge < -0.3 is 15.0 Å². The number of amides is 1. The maximum atomic E-state index is 12.2. The van der Waals surface area contributed by atoms with Crippen LogP contribution in [0.5, 0.6) is 0 Å². The molecule has 1 aliphatic heterocycles. The van der Waals surface area contributed by atoms with Crippen molar-refractivity contribution in [1.29, 1.82) is 0 Å². The lowest BCUT2D eigenvalue weighted by Crippen LogP contribution is -2.42. The summed E-state index contributed by atoms with van der Waals surface area (Å²) >= 11 is 1.72. The second-order valence-corrected chi connectivity index (χ2v) is 6.74. The van der Waals surface area contributed by atoms with Gasteiger partial charge in [0.1, 0.15) is 5.82 Å². The van der Waals surface area contributed by atoms with Crippen molar-refractivity contribution in [3.05, 3.63) is 29.6 Å². The molecule has 21 heavy (non-hydrogen) atoms. The summed E-state index contributed by atoms with van der Waals surface area (Å²) in [6, 6.07) is 5.50. The molecule has 1 aromatic heterocycles. The second kappa shape index (κ2) is 5.35. The number of benzene rings is 1. The Hall–Kier alpha value is -1.53. The normalized spacial score (nSPS) is 21.9. The number of imidazole rings is 1. The van der Waals surface area contributed by atoms with E-state index in [1.165, 1.54) is 0 Å². The minimum absolute atomic E-state index is 0.162. The van der Waals surface area contributed by atoms with E-state index in [1.807, 2.05) is 24.6 Å². The topological polar surface area (TPSA) is 67.2 Å². The number of carbonyl (C=O) groups excluding carboxylic acids is 1. The smallest absolute Gasteiger partial charge is 0.251 e. The predicted molar refractivity (Wildman–Crippen MR) is 84.7 cm³/mol. The number of fused-ring (bicyclic) bond motifs is 1. The molecule has 0 aliphatic carbocycles. The summed E-state index contributed by atoms with van der Waals surface area (Å²) in [5.74, 6) is 2.39. The molecule has 1 aromatic carbocycles. The number of aromatic nitrogens is 2. The standard InChI is InChI=1S/C15H19N3O2S/c1-10-17-12-7-11(3-4-13(12)18(10)2)14(19)16-8-15(20)5-6-21-9-15/h3-4,7,20H,5-6,8-9H2,1-2H3,(H,16,19). The molecule has 0 bridgehead atoms. The second-order valence-electron chi connectivity index (χ2n) is 5.63. The van der Waals surface area contributed by atoms with Crippen molar-refractivity contribution in [2.75, 3.05) is 18.1 Å². The van der Waals surface area contributed by atoms with Crippen LogP contribution in [0.4, 0.5) is 0 Å². The van der Waals surface area contributed by atoms with Gasteiger partial charge in [-0.3, -0.25) is 4.79 Å². The van der Waals surface area contributed by atoms with E-state index >= 15 is 0 Å². The number of carbonyl (C=O) groups is 1. The number of nitrogens with one attached hydrogen (secondary N) is 1.